The molecule has 0 radical (unpaired) electrons. The molecule has 0 aliphatic heterocycles. The maximum Gasteiger partial charge on any atom is 0.272 e. The van der Waals surface area contributed by atoms with Crippen molar-refractivity contribution in [2.24, 2.45) is 5.73 Å². The van der Waals surface area contributed by atoms with Gasteiger partial charge in [0, 0.05) is 28.3 Å². The molecule has 0 saturated heterocycles. The molecule has 2 aromatic rings. The predicted molar refractivity (Wildman–Crippen MR) is 81.7 cm³/mol. The fourth-order valence-corrected chi connectivity index (χ4v) is 2.36. The van der Waals surface area contributed by atoms with Crippen molar-refractivity contribution < 1.29 is 9.66 Å². The van der Waals surface area contributed by atoms with Crippen molar-refractivity contribution in [2.45, 2.75) is 12.5 Å². The minimum Gasteiger partial charge on any atom is -0.496 e. The molecule has 0 aromatic heterocycles. The van der Waals surface area contributed by atoms with E-state index in [1.165, 1.54) is 13.2 Å². The Morgan fingerprint density at radius 2 is 2.05 bits per heavy atom. The van der Waals surface area contributed by atoms with Gasteiger partial charge in [0.15, 0.2) is 0 Å². The Bertz CT molecular complexity index is 661. The third-order valence-electron chi connectivity index (χ3n) is 3.22. The van der Waals surface area contributed by atoms with E-state index in [9.17, 15) is 10.1 Å². The van der Waals surface area contributed by atoms with Crippen molar-refractivity contribution in [2.75, 3.05) is 7.11 Å². The fraction of sp³-hybridized carbons (Fsp3) is 0.200. The van der Waals surface area contributed by atoms with Crippen molar-refractivity contribution in [1.82, 2.24) is 0 Å². The van der Waals surface area contributed by atoms with Gasteiger partial charge in [-0.3, -0.25) is 10.1 Å². The van der Waals surface area contributed by atoms with E-state index in [1.807, 2.05) is 0 Å². The van der Waals surface area contributed by atoms with E-state index in [-0.39, 0.29) is 5.69 Å². The summed E-state index contributed by atoms with van der Waals surface area (Å²) < 4.78 is 5.26. The van der Waals surface area contributed by atoms with Crippen LogP contribution in [0.5, 0.6) is 5.75 Å². The summed E-state index contributed by atoms with van der Waals surface area (Å²) in [7, 11) is 1.53. The standard InChI is InChI=1S/C15H15ClN2O3/c1-21-15-9-11(16)6-7-12(15)13(17)8-10-4-2-3-5-14(10)18(19)20/h2-7,9,13H,8,17H2,1H3. The van der Waals surface area contributed by atoms with Crippen molar-refractivity contribution >= 4 is 17.3 Å². The van der Waals surface area contributed by atoms with Crippen molar-refractivity contribution in [3.63, 3.8) is 0 Å². The van der Waals surface area contributed by atoms with Gasteiger partial charge >= 0.3 is 0 Å². The summed E-state index contributed by atoms with van der Waals surface area (Å²) in [6.45, 7) is 0. The van der Waals surface area contributed by atoms with Gasteiger partial charge in [0.2, 0.25) is 0 Å². The normalized spacial score (nSPS) is 12.0. The molecule has 0 spiro atoms. The molecule has 2 aromatic carbocycles. The largest absolute Gasteiger partial charge is 0.496 e. The molecule has 0 fully saturated rings. The highest BCUT2D eigenvalue weighted by Gasteiger charge is 2.18. The lowest BCUT2D eigenvalue weighted by Crippen LogP contribution is -2.15. The number of methoxy groups -OCH3 is 1. The Hall–Kier alpha value is -2.11. The zero-order valence-electron chi connectivity index (χ0n) is 11.5. The van der Waals surface area contributed by atoms with Crippen LogP contribution in [0.1, 0.15) is 17.2 Å². The van der Waals surface area contributed by atoms with Gasteiger partial charge in [-0.15, -0.1) is 0 Å². The molecule has 5 nitrogen and oxygen atoms in total. The number of hydrogen-bond acceptors (Lipinski definition) is 4. The van der Waals surface area contributed by atoms with E-state index in [0.29, 0.717) is 22.8 Å². The maximum atomic E-state index is 11.0. The minimum atomic E-state index is -0.418. The van der Waals surface area contributed by atoms with Crippen LogP contribution in [-0.2, 0) is 6.42 Å². The number of nitrogens with two attached hydrogens (primary N) is 1. The van der Waals surface area contributed by atoms with Crippen LogP contribution < -0.4 is 10.5 Å². The number of nitrogens with zero attached hydrogens (tertiary/aromatic N) is 1. The lowest BCUT2D eigenvalue weighted by molar-refractivity contribution is -0.385. The lowest BCUT2D eigenvalue weighted by atomic mass is 9.98. The molecule has 0 aliphatic rings. The Morgan fingerprint density at radius 3 is 2.71 bits per heavy atom. The predicted octanol–water partition coefficient (Wildman–Crippen LogP) is 3.50. The third-order valence-corrected chi connectivity index (χ3v) is 3.46. The molecule has 0 aliphatic carbocycles. The van der Waals surface area contributed by atoms with Crippen LogP contribution in [0.3, 0.4) is 0 Å². The van der Waals surface area contributed by atoms with Gasteiger partial charge in [-0.2, -0.15) is 0 Å². The van der Waals surface area contributed by atoms with Crippen molar-refractivity contribution in [1.29, 1.82) is 0 Å². The highest BCUT2D eigenvalue weighted by atomic mass is 35.5. The van der Waals surface area contributed by atoms with E-state index in [1.54, 1.807) is 36.4 Å². The monoisotopic (exact) mass is 306 g/mol. The number of hydrogen-bond donors (Lipinski definition) is 1. The highest BCUT2D eigenvalue weighted by molar-refractivity contribution is 6.30. The van der Waals surface area contributed by atoms with Crippen LogP contribution in [0.15, 0.2) is 42.5 Å². The third kappa shape index (κ3) is 3.51. The molecule has 1 unspecified atom stereocenters. The summed E-state index contributed by atoms with van der Waals surface area (Å²) in [6.07, 6.45) is 0.342. The average molecular weight is 307 g/mol. The number of para-hydroxylation sites is 1. The van der Waals surface area contributed by atoms with Gasteiger partial charge < -0.3 is 10.5 Å². The molecule has 21 heavy (non-hydrogen) atoms. The first-order chi connectivity index (χ1) is 10.0. The summed E-state index contributed by atoms with van der Waals surface area (Å²) in [4.78, 5) is 10.6. The van der Waals surface area contributed by atoms with Crippen LogP contribution >= 0.6 is 11.6 Å². The molecule has 6 heteroatoms. The van der Waals surface area contributed by atoms with Crippen LogP contribution in [0, 0.1) is 10.1 Å². The minimum absolute atomic E-state index is 0.0703. The molecular weight excluding hydrogens is 292 g/mol. The second-order valence-electron chi connectivity index (χ2n) is 4.58. The summed E-state index contributed by atoms with van der Waals surface area (Å²) in [5.41, 5.74) is 7.60. The Balaban J connectivity index is 2.30. The Morgan fingerprint density at radius 1 is 1.33 bits per heavy atom. The summed E-state index contributed by atoms with van der Waals surface area (Å²) >= 11 is 5.92. The van der Waals surface area contributed by atoms with Crippen molar-refractivity contribution in [3.8, 4) is 5.75 Å². The van der Waals surface area contributed by atoms with Gasteiger partial charge in [0.1, 0.15) is 5.75 Å². The maximum absolute atomic E-state index is 11.0. The molecule has 0 saturated carbocycles. The number of nitro benzene ring substituents is 1. The van der Waals surface area contributed by atoms with Gasteiger partial charge in [0.25, 0.3) is 5.69 Å². The zero-order valence-corrected chi connectivity index (χ0v) is 12.2. The highest BCUT2D eigenvalue weighted by Crippen LogP contribution is 2.30. The topological polar surface area (TPSA) is 78.4 Å². The Labute approximate surface area is 127 Å². The summed E-state index contributed by atoms with van der Waals surface area (Å²) in [5.74, 6) is 0.577. The average Bonchev–Trinajstić information content (AvgIpc) is 2.47. The van der Waals surface area contributed by atoms with Crippen molar-refractivity contribution in [3.05, 3.63) is 68.7 Å². The summed E-state index contributed by atoms with van der Waals surface area (Å²) in [6, 6.07) is 11.3. The second-order valence-corrected chi connectivity index (χ2v) is 5.02. The number of halogens is 1. The van der Waals surface area contributed by atoms with Gasteiger partial charge in [-0.25, -0.2) is 0 Å². The smallest absolute Gasteiger partial charge is 0.272 e. The SMILES string of the molecule is COc1cc(Cl)ccc1C(N)Cc1ccccc1[N+](=O)[O-]. The molecule has 110 valence electrons. The van der Waals surface area contributed by atoms with Crippen LogP contribution in [0.25, 0.3) is 0 Å². The molecule has 0 bridgehead atoms. The van der Waals surface area contributed by atoms with Crippen LogP contribution in [0.2, 0.25) is 5.02 Å². The second kappa shape index (κ2) is 6.56. The number of nitro groups is 1. The fourth-order valence-electron chi connectivity index (χ4n) is 2.20. The van der Waals surface area contributed by atoms with E-state index in [0.717, 1.165) is 5.56 Å². The van der Waals surface area contributed by atoms with E-state index in [2.05, 4.69) is 0 Å². The molecule has 1 atom stereocenters. The van der Waals surface area contributed by atoms with Gasteiger partial charge in [0.05, 0.1) is 12.0 Å². The first-order valence-electron chi connectivity index (χ1n) is 6.34. The molecule has 0 heterocycles. The van der Waals surface area contributed by atoms with Crippen LogP contribution in [0.4, 0.5) is 5.69 Å². The van der Waals surface area contributed by atoms with E-state index < -0.39 is 11.0 Å². The number of ether oxygens (including phenoxy) is 1. The first kappa shape index (κ1) is 15.3. The zero-order chi connectivity index (χ0) is 15.4. The van der Waals surface area contributed by atoms with Crippen LogP contribution in [-0.4, -0.2) is 12.0 Å². The summed E-state index contributed by atoms with van der Waals surface area (Å²) in [5, 5.41) is 11.6. The molecule has 2 N–H and O–H groups in total. The first-order valence-corrected chi connectivity index (χ1v) is 6.72. The number of benzene rings is 2. The number of rotatable bonds is 5. The van der Waals surface area contributed by atoms with Gasteiger partial charge in [-0.05, 0) is 18.6 Å². The van der Waals surface area contributed by atoms with E-state index in [4.69, 9.17) is 22.1 Å². The quantitative estimate of drug-likeness (QED) is 0.677. The molecule has 2 rings (SSSR count). The van der Waals surface area contributed by atoms with E-state index >= 15 is 0 Å². The molecule has 0 amide bonds. The Kier molecular flexibility index (Phi) is 4.77. The lowest BCUT2D eigenvalue weighted by Gasteiger charge is -2.16. The molecular formula is C15H15ClN2O3. The van der Waals surface area contributed by atoms with Gasteiger partial charge in [-0.1, -0.05) is 35.9 Å².